The molecule has 3 saturated heterocycles. The number of benzene rings is 2. The van der Waals surface area contributed by atoms with Crippen LogP contribution >= 0.6 is 0 Å². The van der Waals surface area contributed by atoms with E-state index in [1.807, 2.05) is 6.07 Å². The summed E-state index contributed by atoms with van der Waals surface area (Å²) in [5.74, 6) is -0.363. The summed E-state index contributed by atoms with van der Waals surface area (Å²) < 4.78 is 66.7. The molecule has 1 spiro atoms. The van der Waals surface area contributed by atoms with Crippen molar-refractivity contribution in [1.29, 1.82) is 0 Å². The van der Waals surface area contributed by atoms with E-state index < -0.39 is 23.0 Å². The molecule has 5 fully saturated rings. The monoisotopic (exact) mass is 696 g/mol. The Labute approximate surface area is 294 Å². The number of piperidine rings is 1. The standard InChI is InChI=1S/C40H40F4N6O/c1-3-25-27(41)9-7-23-5-4-6-26(30(23)25)33-32(42)34-31-29(46-33)17-22(2)35-28-10-8-24(45-28)18-50(35)36(31)48-37(47-34)51-21-38(11-12-38)20-49-15-13-39(14-16-49)19-40(39,43)44/h1,4-7,9,22,24,28,35,45H,8,10-21H2,2H3/t22-,24+,28-,35-/m0/s1. The lowest BCUT2D eigenvalue weighted by Crippen LogP contribution is -2.60. The van der Waals surface area contributed by atoms with E-state index in [2.05, 4.69) is 28.0 Å². The number of aromatic nitrogens is 3. The minimum Gasteiger partial charge on any atom is -0.463 e. The molecule has 4 aromatic rings. The van der Waals surface area contributed by atoms with Gasteiger partial charge in [-0.15, -0.1) is 6.42 Å². The van der Waals surface area contributed by atoms with E-state index in [9.17, 15) is 8.78 Å². The summed E-state index contributed by atoms with van der Waals surface area (Å²) in [5, 5.41) is 5.53. The van der Waals surface area contributed by atoms with E-state index in [-0.39, 0.29) is 52.6 Å². The van der Waals surface area contributed by atoms with Gasteiger partial charge in [-0.1, -0.05) is 37.1 Å². The third kappa shape index (κ3) is 4.88. The fourth-order valence-corrected chi connectivity index (χ4v) is 9.97. The molecule has 2 aromatic carbocycles. The van der Waals surface area contributed by atoms with Crippen LogP contribution in [0.3, 0.4) is 0 Å². The first-order valence-corrected chi connectivity index (χ1v) is 18.4. The molecule has 2 bridgehead atoms. The zero-order valence-corrected chi connectivity index (χ0v) is 28.6. The molecule has 2 saturated carbocycles. The summed E-state index contributed by atoms with van der Waals surface area (Å²) in [6, 6.07) is 9.20. The number of hydrogen-bond acceptors (Lipinski definition) is 7. The summed E-state index contributed by atoms with van der Waals surface area (Å²) in [4.78, 5) is 19.5. The molecule has 6 aliphatic rings. The van der Waals surface area contributed by atoms with E-state index in [1.165, 1.54) is 6.07 Å². The van der Waals surface area contributed by atoms with Crippen LogP contribution in [-0.4, -0.2) is 76.7 Å². The Bertz CT molecular complexity index is 2160. The zero-order valence-electron chi connectivity index (χ0n) is 28.6. The predicted molar refractivity (Wildman–Crippen MR) is 187 cm³/mol. The van der Waals surface area contributed by atoms with Crippen LogP contribution in [0.4, 0.5) is 23.4 Å². The van der Waals surface area contributed by atoms with Gasteiger partial charge in [-0.25, -0.2) is 22.5 Å². The molecule has 51 heavy (non-hydrogen) atoms. The second-order valence-electron chi connectivity index (χ2n) is 16.3. The second-order valence-corrected chi connectivity index (χ2v) is 16.3. The minimum atomic E-state index is -2.51. The summed E-state index contributed by atoms with van der Waals surface area (Å²) in [6.45, 7) is 5.44. The molecular weight excluding hydrogens is 656 g/mol. The van der Waals surface area contributed by atoms with Crippen LogP contribution in [0.25, 0.3) is 32.9 Å². The molecule has 4 atom stereocenters. The minimum absolute atomic E-state index is 0.0237. The van der Waals surface area contributed by atoms with Crippen molar-refractivity contribution in [3.63, 3.8) is 0 Å². The Morgan fingerprint density at radius 1 is 1.02 bits per heavy atom. The number of alkyl halides is 2. The molecule has 4 aliphatic heterocycles. The predicted octanol–water partition coefficient (Wildman–Crippen LogP) is 6.89. The topological polar surface area (TPSA) is 66.4 Å². The number of piperazine rings is 1. The van der Waals surface area contributed by atoms with Crippen molar-refractivity contribution in [2.45, 2.75) is 82.3 Å². The largest absolute Gasteiger partial charge is 0.463 e. The lowest BCUT2D eigenvalue weighted by atomic mass is 9.89. The molecule has 264 valence electrons. The first-order valence-electron chi connectivity index (χ1n) is 18.4. The molecule has 0 radical (unpaired) electrons. The molecule has 10 rings (SSSR count). The maximum Gasteiger partial charge on any atom is 0.319 e. The highest BCUT2D eigenvalue weighted by Crippen LogP contribution is 2.66. The zero-order chi connectivity index (χ0) is 34.9. The Morgan fingerprint density at radius 2 is 1.82 bits per heavy atom. The molecule has 1 N–H and O–H groups in total. The lowest BCUT2D eigenvalue weighted by Gasteiger charge is -2.43. The fraction of sp³-hybridized carbons (Fsp3) is 0.525. The molecule has 7 nitrogen and oxygen atoms in total. The van der Waals surface area contributed by atoms with Gasteiger partial charge < -0.3 is 19.9 Å². The van der Waals surface area contributed by atoms with E-state index in [4.69, 9.17) is 26.1 Å². The summed E-state index contributed by atoms with van der Waals surface area (Å²) in [6.07, 6.45) is 11.6. The Balaban J connectivity index is 1.05. The molecule has 2 aromatic heterocycles. The number of anilines is 1. The molecule has 2 aliphatic carbocycles. The van der Waals surface area contributed by atoms with Crippen LogP contribution in [0.5, 0.6) is 6.01 Å². The number of rotatable bonds is 6. The summed E-state index contributed by atoms with van der Waals surface area (Å²) in [7, 11) is 0. The van der Waals surface area contributed by atoms with Crippen LogP contribution in [-0.2, 0) is 6.42 Å². The fourth-order valence-electron chi connectivity index (χ4n) is 9.97. The van der Waals surface area contributed by atoms with Gasteiger partial charge in [0.15, 0.2) is 5.82 Å². The summed E-state index contributed by atoms with van der Waals surface area (Å²) >= 11 is 0. The Morgan fingerprint density at radius 3 is 2.57 bits per heavy atom. The number of terminal acetylenes is 1. The number of hydrogen-bond donors (Lipinski definition) is 1. The molecule has 11 heteroatoms. The van der Waals surface area contributed by atoms with Crippen LogP contribution < -0.4 is 15.0 Å². The molecule has 0 amide bonds. The van der Waals surface area contributed by atoms with Gasteiger partial charge in [0.25, 0.3) is 5.92 Å². The SMILES string of the molecule is C#Cc1c(F)ccc2cccc(-c3nc4c5c(nc(OCC6(CN7CCC8(CC7)CC8(F)F)CC6)nc5c3F)N3C[C@H]5CC[C@H](N5)[C@@H]3[C@@H](C)C4)c12. The van der Waals surface area contributed by atoms with Crippen LogP contribution in [0.1, 0.15) is 63.1 Å². The molecular formula is C40H40F4N6O. The van der Waals surface area contributed by atoms with Crippen molar-refractivity contribution in [1.82, 2.24) is 25.2 Å². The highest BCUT2D eigenvalue weighted by molar-refractivity contribution is 6.02. The van der Waals surface area contributed by atoms with E-state index >= 15 is 8.78 Å². The van der Waals surface area contributed by atoms with E-state index in [0.717, 1.165) is 38.8 Å². The Hall–Kier alpha value is -4.01. The van der Waals surface area contributed by atoms with Gasteiger partial charge >= 0.3 is 6.01 Å². The van der Waals surface area contributed by atoms with Crippen molar-refractivity contribution < 1.29 is 22.3 Å². The normalized spacial score (nSPS) is 28.0. The Kier molecular flexibility index (Phi) is 6.84. The number of ether oxygens (including phenoxy) is 1. The van der Waals surface area contributed by atoms with Crippen LogP contribution in [0.2, 0.25) is 0 Å². The number of nitrogens with zero attached hydrogens (tertiary/aromatic N) is 5. The first kappa shape index (κ1) is 31.7. The number of fused-ring (bicyclic) bond motifs is 6. The highest BCUT2D eigenvalue weighted by atomic mass is 19.3. The molecule has 6 heterocycles. The quantitative estimate of drug-likeness (QED) is 0.174. The van der Waals surface area contributed by atoms with Gasteiger partial charge in [0.2, 0.25) is 0 Å². The highest BCUT2D eigenvalue weighted by Gasteiger charge is 2.70. The maximum absolute atomic E-state index is 17.2. The first-order chi connectivity index (χ1) is 24.6. The van der Waals surface area contributed by atoms with Crippen LogP contribution in [0.15, 0.2) is 30.3 Å². The lowest BCUT2D eigenvalue weighted by molar-refractivity contribution is 0.0252. The van der Waals surface area contributed by atoms with Crippen LogP contribution in [0, 0.1) is 40.7 Å². The third-order valence-electron chi connectivity index (χ3n) is 13.1. The van der Waals surface area contributed by atoms with Gasteiger partial charge in [0, 0.05) is 59.4 Å². The number of likely N-dealkylation sites (tertiary alicyclic amines) is 1. The molecule has 0 unspecified atom stereocenters. The average molecular weight is 697 g/mol. The maximum atomic E-state index is 17.2. The van der Waals surface area contributed by atoms with E-state index in [0.29, 0.717) is 78.2 Å². The number of nitrogens with one attached hydrogen (secondary N) is 1. The van der Waals surface area contributed by atoms with Crippen molar-refractivity contribution in [2.75, 3.05) is 37.7 Å². The third-order valence-corrected chi connectivity index (χ3v) is 13.1. The second kappa shape index (κ2) is 11.0. The average Bonchev–Trinajstić information content (AvgIpc) is 3.97. The van der Waals surface area contributed by atoms with Crippen molar-refractivity contribution >= 4 is 27.5 Å². The summed E-state index contributed by atoms with van der Waals surface area (Å²) in [5.41, 5.74) is 0.515. The van der Waals surface area contributed by atoms with Crippen molar-refractivity contribution in [3.05, 3.63) is 53.2 Å². The van der Waals surface area contributed by atoms with Gasteiger partial charge in [-0.05, 0) is 75.4 Å². The smallest absolute Gasteiger partial charge is 0.319 e. The van der Waals surface area contributed by atoms with Gasteiger partial charge in [0.05, 0.1) is 23.3 Å². The van der Waals surface area contributed by atoms with Crippen molar-refractivity contribution in [2.24, 2.45) is 16.7 Å². The van der Waals surface area contributed by atoms with Gasteiger partial charge in [0.1, 0.15) is 22.8 Å². The number of halogens is 4. The van der Waals surface area contributed by atoms with Gasteiger partial charge in [-0.2, -0.15) is 9.97 Å². The number of pyridine rings is 1. The van der Waals surface area contributed by atoms with E-state index in [1.54, 1.807) is 18.2 Å². The van der Waals surface area contributed by atoms with Gasteiger partial charge in [-0.3, -0.25) is 0 Å². The van der Waals surface area contributed by atoms with Crippen molar-refractivity contribution in [3.8, 4) is 29.6 Å².